The fourth-order valence-electron chi connectivity index (χ4n) is 3.77. The Bertz CT molecular complexity index is 380. The summed E-state index contributed by atoms with van der Waals surface area (Å²) in [5.41, 5.74) is 0. The molecule has 0 aromatic carbocycles. The van der Waals surface area contributed by atoms with Crippen LogP contribution in [0.3, 0.4) is 0 Å². The standard InChI is InChI=1S/C19H39N5.HI/c1-5-20-19(21-10-13-23-11-8-6-7-9-12-23)22-18-15-24(16(2)3)14-17(18)4;/h16-18H,5-15H2,1-4H3,(H2,20,21,22);1H. The molecule has 0 aromatic rings. The number of rotatable bonds is 6. The third-order valence-electron chi connectivity index (χ3n) is 5.42. The molecule has 0 aromatic heterocycles. The van der Waals surface area contributed by atoms with Gasteiger partial charge in [0.1, 0.15) is 0 Å². The van der Waals surface area contributed by atoms with E-state index in [1.165, 1.54) is 45.3 Å². The van der Waals surface area contributed by atoms with Gasteiger partial charge in [-0.1, -0.05) is 19.8 Å². The highest BCUT2D eigenvalue weighted by Gasteiger charge is 2.31. The van der Waals surface area contributed by atoms with Crippen LogP contribution in [0.1, 0.15) is 53.4 Å². The van der Waals surface area contributed by atoms with Crippen molar-refractivity contribution in [3.8, 4) is 0 Å². The van der Waals surface area contributed by atoms with Gasteiger partial charge in [-0.2, -0.15) is 0 Å². The Labute approximate surface area is 172 Å². The monoisotopic (exact) mass is 465 g/mol. The largest absolute Gasteiger partial charge is 0.357 e. The zero-order valence-corrected chi connectivity index (χ0v) is 19.1. The molecule has 2 aliphatic heterocycles. The lowest BCUT2D eigenvalue weighted by Crippen LogP contribution is -2.47. The Balaban J connectivity index is 0.00000312. The lowest BCUT2D eigenvalue weighted by atomic mass is 10.1. The topological polar surface area (TPSA) is 42.9 Å². The van der Waals surface area contributed by atoms with Crippen LogP contribution in [-0.4, -0.2) is 73.7 Å². The fraction of sp³-hybridized carbons (Fsp3) is 0.947. The molecule has 0 saturated carbocycles. The van der Waals surface area contributed by atoms with Gasteiger partial charge >= 0.3 is 0 Å². The zero-order chi connectivity index (χ0) is 17.4. The van der Waals surface area contributed by atoms with Crippen LogP contribution in [0.4, 0.5) is 0 Å². The molecule has 0 spiro atoms. The van der Waals surface area contributed by atoms with E-state index in [0.717, 1.165) is 32.1 Å². The molecule has 2 unspecified atom stereocenters. The minimum Gasteiger partial charge on any atom is -0.357 e. The first kappa shape index (κ1) is 23.0. The first-order valence-electron chi connectivity index (χ1n) is 10.1. The molecule has 2 heterocycles. The predicted octanol–water partition coefficient (Wildman–Crippen LogP) is 2.76. The number of nitrogens with one attached hydrogen (secondary N) is 2. The number of likely N-dealkylation sites (tertiary alicyclic amines) is 2. The highest BCUT2D eigenvalue weighted by Crippen LogP contribution is 2.18. The summed E-state index contributed by atoms with van der Waals surface area (Å²) < 4.78 is 0. The first-order valence-corrected chi connectivity index (χ1v) is 10.1. The molecule has 148 valence electrons. The van der Waals surface area contributed by atoms with Crippen molar-refractivity contribution < 1.29 is 0 Å². The van der Waals surface area contributed by atoms with Crippen molar-refractivity contribution in [2.45, 2.75) is 65.5 Å². The minimum atomic E-state index is 0. The Morgan fingerprint density at radius 1 is 1.12 bits per heavy atom. The molecule has 0 aliphatic carbocycles. The number of hydrogen-bond donors (Lipinski definition) is 2. The maximum atomic E-state index is 4.84. The van der Waals surface area contributed by atoms with Crippen molar-refractivity contribution in [1.29, 1.82) is 0 Å². The van der Waals surface area contributed by atoms with E-state index in [4.69, 9.17) is 4.99 Å². The summed E-state index contributed by atoms with van der Waals surface area (Å²) in [6.45, 7) is 16.8. The van der Waals surface area contributed by atoms with Crippen molar-refractivity contribution in [2.75, 3.05) is 45.8 Å². The van der Waals surface area contributed by atoms with Crippen LogP contribution in [0, 0.1) is 5.92 Å². The van der Waals surface area contributed by atoms with Gasteiger partial charge in [0.15, 0.2) is 5.96 Å². The Morgan fingerprint density at radius 3 is 2.36 bits per heavy atom. The molecule has 2 saturated heterocycles. The van der Waals surface area contributed by atoms with Gasteiger partial charge in [0.25, 0.3) is 0 Å². The molecule has 0 bridgehead atoms. The number of nitrogens with zero attached hydrogens (tertiary/aromatic N) is 3. The van der Waals surface area contributed by atoms with Gasteiger partial charge < -0.3 is 15.5 Å². The minimum absolute atomic E-state index is 0. The van der Waals surface area contributed by atoms with Gasteiger partial charge in [-0.05, 0) is 52.6 Å². The molecule has 6 heteroatoms. The quantitative estimate of drug-likeness (QED) is 0.360. The summed E-state index contributed by atoms with van der Waals surface area (Å²) in [5, 5.41) is 7.11. The highest BCUT2D eigenvalue weighted by atomic mass is 127. The zero-order valence-electron chi connectivity index (χ0n) is 16.8. The average Bonchev–Trinajstić information content (AvgIpc) is 2.75. The molecular weight excluding hydrogens is 425 g/mol. The van der Waals surface area contributed by atoms with Gasteiger partial charge in [-0.3, -0.25) is 9.89 Å². The molecule has 0 radical (unpaired) electrons. The van der Waals surface area contributed by atoms with E-state index >= 15 is 0 Å². The van der Waals surface area contributed by atoms with Crippen molar-refractivity contribution >= 4 is 29.9 Å². The van der Waals surface area contributed by atoms with Crippen LogP contribution in [0.25, 0.3) is 0 Å². The van der Waals surface area contributed by atoms with Gasteiger partial charge in [0, 0.05) is 38.3 Å². The van der Waals surface area contributed by atoms with Crippen LogP contribution in [0.15, 0.2) is 4.99 Å². The van der Waals surface area contributed by atoms with Crippen LogP contribution in [0.2, 0.25) is 0 Å². The average molecular weight is 465 g/mol. The summed E-state index contributed by atoms with van der Waals surface area (Å²) in [6.07, 6.45) is 5.51. The number of halogens is 1. The summed E-state index contributed by atoms with van der Waals surface area (Å²) in [7, 11) is 0. The van der Waals surface area contributed by atoms with Crippen LogP contribution >= 0.6 is 24.0 Å². The number of guanidine groups is 1. The van der Waals surface area contributed by atoms with E-state index < -0.39 is 0 Å². The summed E-state index contributed by atoms with van der Waals surface area (Å²) in [6, 6.07) is 1.13. The van der Waals surface area contributed by atoms with E-state index in [1.807, 2.05) is 0 Å². The Hall–Kier alpha value is -0.0800. The summed E-state index contributed by atoms with van der Waals surface area (Å²) >= 11 is 0. The van der Waals surface area contributed by atoms with E-state index in [-0.39, 0.29) is 24.0 Å². The Morgan fingerprint density at radius 2 is 1.80 bits per heavy atom. The third-order valence-corrected chi connectivity index (χ3v) is 5.42. The van der Waals surface area contributed by atoms with Gasteiger partial charge in [-0.15, -0.1) is 24.0 Å². The predicted molar refractivity (Wildman–Crippen MR) is 119 cm³/mol. The van der Waals surface area contributed by atoms with Crippen molar-refractivity contribution in [3.05, 3.63) is 0 Å². The second-order valence-corrected chi connectivity index (χ2v) is 7.79. The van der Waals surface area contributed by atoms with E-state index in [0.29, 0.717) is 18.0 Å². The maximum Gasteiger partial charge on any atom is 0.191 e. The number of hydrogen-bond acceptors (Lipinski definition) is 3. The SMILES string of the molecule is CCNC(=NCCN1CCCCCC1)NC1CN(C(C)C)CC1C.I. The molecule has 2 aliphatic rings. The van der Waals surface area contributed by atoms with Crippen LogP contribution in [0.5, 0.6) is 0 Å². The molecule has 25 heavy (non-hydrogen) atoms. The first-order chi connectivity index (χ1) is 11.6. The fourth-order valence-corrected chi connectivity index (χ4v) is 3.77. The summed E-state index contributed by atoms with van der Waals surface area (Å²) in [5.74, 6) is 1.66. The van der Waals surface area contributed by atoms with Crippen molar-refractivity contribution in [2.24, 2.45) is 10.9 Å². The molecule has 2 N–H and O–H groups in total. The molecular formula is C19H40IN5. The molecule has 2 rings (SSSR count). The molecule has 2 atom stereocenters. The lowest BCUT2D eigenvalue weighted by molar-refractivity contribution is 0.265. The van der Waals surface area contributed by atoms with Gasteiger partial charge in [-0.25, -0.2) is 0 Å². The van der Waals surface area contributed by atoms with Crippen LogP contribution < -0.4 is 10.6 Å². The van der Waals surface area contributed by atoms with E-state index in [2.05, 4.69) is 48.1 Å². The molecule has 2 fully saturated rings. The van der Waals surface area contributed by atoms with Gasteiger partial charge in [0.05, 0.1) is 6.54 Å². The highest BCUT2D eigenvalue weighted by molar-refractivity contribution is 14.0. The van der Waals surface area contributed by atoms with Crippen molar-refractivity contribution in [1.82, 2.24) is 20.4 Å². The lowest BCUT2D eigenvalue weighted by Gasteiger charge is -2.22. The maximum absolute atomic E-state index is 4.84. The molecule has 0 amide bonds. The van der Waals surface area contributed by atoms with E-state index in [9.17, 15) is 0 Å². The number of aliphatic imine (C=N–C) groups is 1. The van der Waals surface area contributed by atoms with Crippen LogP contribution in [-0.2, 0) is 0 Å². The van der Waals surface area contributed by atoms with E-state index in [1.54, 1.807) is 0 Å². The normalized spacial score (nSPS) is 26.4. The third kappa shape index (κ3) is 7.99. The smallest absolute Gasteiger partial charge is 0.191 e. The molecule has 5 nitrogen and oxygen atoms in total. The van der Waals surface area contributed by atoms with Gasteiger partial charge in [0.2, 0.25) is 0 Å². The van der Waals surface area contributed by atoms with Crippen molar-refractivity contribution in [3.63, 3.8) is 0 Å². The summed E-state index contributed by atoms with van der Waals surface area (Å²) in [4.78, 5) is 9.98. The second kappa shape index (κ2) is 12.3. The second-order valence-electron chi connectivity index (χ2n) is 7.79. The Kier molecular flexibility index (Phi) is 11.3.